The fraction of sp³-hybridized carbons (Fsp3) is 0.417. The fourth-order valence-electron chi connectivity index (χ4n) is 2.19. The number of hydrogen-bond donors (Lipinski definition) is 1. The molecule has 1 aliphatic rings. The molecule has 1 aromatic carbocycles. The highest BCUT2D eigenvalue weighted by Crippen LogP contribution is 2.43. The van der Waals surface area contributed by atoms with Crippen LogP contribution >= 0.6 is 0 Å². The van der Waals surface area contributed by atoms with Crippen LogP contribution in [0.15, 0.2) is 24.3 Å². The SMILES string of the molecule is COC(=O)C1(N)CC(c2cccc(F)c2)C1. The minimum Gasteiger partial charge on any atom is -0.468 e. The molecule has 1 fully saturated rings. The Balaban J connectivity index is 2.06. The lowest BCUT2D eigenvalue weighted by molar-refractivity contribution is -0.151. The van der Waals surface area contributed by atoms with Crippen LogP contribution in [0.2, 0.25) is 0 Å². The third kappa shape index (κ3) is 1.80. The van der Waals surface area contributed by atoms with Gasteiger partial charge in [0.15, 0.2) is 0 Å². The molecule has 1 saturated carbocycles. The Labute approximate surface area is 93.4 Å². The summed E-state index contributed by atoms with van der Waals surface area (Å²) in [6.45, 7) is 0. The van der Waals surface area contributed by atoms with Crippen molar-refractivity contribution < 1.29 is 13.9 Å². The van der Waals surface area contributed by atoms with E-state index in [1.165, 1.54) is 19.2 Å². The minimum absolute atomic E-state index is 0.153. The number of rotatable bonds is 2. The van der Waals surface area contributed by atoms with E-state index in [1.807, 2.05) is 6.07 Å². The molecule has 1 aliphatic carbocycles. The highest BCUT2D eigenvalue weighted by atomic mass is 19.1. The Morgan fingerprint density at radius 3 is 2.81 bits per heavy atom. The van der Waals surface area contributed by atoms with Gasteiger partial charge in [-0.3, -0.25) is 4.79 Å². The van der Waals surface area contributed by atoms with E-state index in [1.54, 1.807) is 6.07 Å². The van der Waals surface area contributed by atoms with Crippen molar-refractivity contribution in [2.24, 2.45) is 5.73 Å². The first kappa shape index (κ1) is 11.1. The average Bonchev–Trinajstić information content (AvgIpc) is 2.23. The highest BCUT2D eigenvalue weighted by Gasteiger charge is 2.48. The van der Waals surface area contributed by atoms with Gasteiger partial charge in [-0.05, 0) is 36.5 Å². The summed E-state index contributed by atoms with van der Waals surface area (Å²) in [6, 6.07) is 6.41. The third-order valence-corrected chi connectivity index (χ3v) is 3.13. The molecule has 1 aromatic rings. The van der Waals surface area contributed by atoms with Crippen molar-refractivity contribution in [3.05, 3.63) is 35.6 Å². The van der Waals surface area contributed by atoms with E-state index >= 15 is 0 Å². The molecule has 0 aliphatic heterocycles. The summed E-state index contributed by atoms with van der Waals surface area (Å²) in [7, 11) is 1.33. The molecule has 16 heavy (non-hydrogen) atoms. The summed E-state index contributed by atoms with van der Waals surface area (Å²) in [5, 5.41) is 0. The van der Waals surface area contributed by atoms with Gasteiger partial charge in [0.25, 0.3) is 0 Å². The van der Waals surface area contributed by atoms with Crippen molar-refractivity contribution in [3.63, 3.8) is 0 Å². The number of benzene rings is 1. The predicted octanol–water partition coefficient (Wildman–Crippen LogP) is 1.57. The zero-order valence-electron chi connectivity index (χ0n) is 9.07. The van der Waals surface area contributed by atoms with E-state index in [2.05, 4.69) is 4.74 Å². The first-order valence-corrected chi connectivity index (χ1v) is 5.18. The number of methoxy groups -OCH3 is 1. The van der Waals surface area contributed by atoms with E-state index in [0.29, 0.717) is 12.8 Å². The summed E-state index contributed by atoms with van der Waals surface area (Å²) in [5.41, 5.74) is 5.86. The van der Waals surface area contributed by atoms with Crippen LogP contribution in [0.3, 0.4) is 0 Å². The molecule has 2 N–H and O–H groups in total. The summed E-state index contributed by atoms with van der Waals surface area (Å²) in [5.74, 6) is -0.495. The maximum atomic E-state index is 13.0. The number of hydrogen-bond acceptors (Lipinski definition) is 3. The summed E-state index contributed by atoms with van der Waals surface area (Å²) < 4.78 is 17.6. The van der Waals surface area contributed by atoms with Crippen LogP contribution in [0.5, 0.6) is 0 Å². The lowest BCUT2D eigenvalue weighted by Gasteiger charge is -2.42. The minimum atomic E-state index is -0.883. The molecule has 0 heterocycles. The number of carbonyl (C=O) groups excluding carboxylic acids is 1. The quantitative estimate of drug-likeness (QED) is 0.774. The van der Waals surface area contributed by atoms with Gasteiger partial charge in [0.05, 0.1) is 7.11 Å². The van der Waals surface area contributed by atoms with E-state index in [0.717, 1.165) is 5.56 Å². The van der Waals surface area contributed by atoms with Gasteiger partial charge < -0.3 is 10.5 Å². The normalized spacial score (nSPS) is 28.3. The molecule has 2 rings (SSSR count). The van der Waals surface area contributed by atoms with Gasteiger partial charge in [-0.1, -0.05) is 12.1 Å². The van der Waals surface area contributed by atoms with Crippen LogP contribution < -0.4 is 5.73 Å². The van der Waals surface area contributed by atoms with Crippen molar-refractivity contribution in [2.45, 2.75) is 24.3 Å². The maximum absolute atomic E-state index is 13.0. The third-order valence-electron chi connectivity index (χ3n) is 3.13. The van der Waals surface area contributed by atoms with Crippen LogP contribution in [0.1, 0.15) is 24.3 Å². The first-order valence-electron chi connectivity index (χ1n) is 5.18. The second-order valence-electron chi connectivity index (χ2n) is 4.31. The predicted molar refractivity (Wildman–Crippen MR) is 57.3 cm³/mol. The van der Waals surface area contributed by atoms with Gasteiger partial charge >= 0.3 is 5.97 Å². The van der Waals surface area contributed by atoms with Gasteiger partial charge in [0.1, 0.15) is 11.4 Å². The van der Waals surface area contributed by atoms with Crippen molar-refractivity contribution in [1.82, 2.24) is 0 Å². The van der Waals surface area contributed by atoms with Crippen molar-refractivity contribution in [2.75, 3.05) is 7.11 Å². The second kappa shape index (κ2) is 3.87. The van der Waals surface area contributed by atoms with E-state index in [9.17, 15) is 9.18 Å². The molecule has 0 spiro atoms. The highest BCUT2D eigenvalue weighted by molar-refractivity contribution is 5.82. The van der Waals surface area contributed by atoms with E-state index in [-0.39, 0.29) is 17.7 Å². The van der Waals surface area contributed by atoms with Crippen LogP contribution in [-0.2, 0) is 9.53 Å². The molecule has 86 valence electrons. The van der Waals surface area contributed by atoms with E-state index in [4.69, 9.17) is 5.73 Å². The molecule has 0 aromatic heterocycles. The zero-order valence-corrected chi connectivity index (χ0v) is 9.07. The molecule has 0 amide bonds. The zero-order chi connectivity index (χ0) is 11.8. The largest absolute Gasteiger partial charge is 0.468 e. The molecular formula is C12H14FNO2. The molecule has 0 bridgehead atoms. The van der Waals surface area contributed by atoms with Crippen molar-refractivity contribution in [1.29, 1.82) is 0 Å². The van der Waals surface area contributed by atoms with Crippen LogP contribution in [0.4, 0.5) is 4.39 Å². The first-order chi connectivity index (χ1) is 7.55. The molecular weight excluding hydrogens is 209 g/mol. The monoisotopic (exact) mass is 223 g/mol. The van der Waals surface area contributed by atoms with Crippen molar-refractivity contribution >= 4 is 5.97 Å². The Kier molecular flexibility index (Phi) is 2.68. The van der Waals surface area contributed by atoms with Crippen LogP contribution in [0.25, 0.3) is 0 Å². The van der Waals surface area contributed by atoms with Gasteiger partial charge in [0.2, 0.25) is 0 Å². The Morgan fingerprint density at radius 1 is 1.56 bits per heavy atom. The molecule has 4 heteroatoms. The molecule has 0 atom stereocenters. The number of halogens is 1. The van der Waals surface area contributed by atoms with Gasteiger partial charge in [-0.25, -0.2) is 4.39 Å². The Hall–Kier alpha value is -1.42. The number of esters is 1. The Morgan fingerprint density at radius 2 is 2.25 bits per heavy atom. The van der Waals surface area contributed by atoms with Gasteiger partial charge in [-0.2, -0.15) is 0 Å². The maximum Gasteiger partial charge on any atom is 0.325 e. The topological polar surface area (TPSA) is 52.3 Å². The molecule has 0 unspecified atom stereocenters. The smallest absolute Gasteiger partial charge is 0.325 e. The summed E-state index contributed by atoms with van der Waals surface area (Å²) in [4.78, 5) is 11.3. The molecule has 0 radical (unpaired) electrons. The second-order valence-corrected chi connectivity index (χ2v) is 4.31. The van der Waals surface area contributed by atoms with Crippen LogP contribution in [-0.4, -0.2) is 18.6 Å². The standard InChI is InChI=1S/C12H14FNO2/c1-16-11(15)12(14)6-9(7-12)8-3-2-4-10(13)5-8/h2-5,9H,6-7,14H2,1H3. The van der Waals surface area contributed by atoms with Crippen LogP contribution in [0, 0.1) is 5.82 Å². The number of ether oxygens (including phenoxy) is 1. The van der Waals surface area contributed by atoms with Gasteiger partial charge in [0, 0.05) is 0 Å². The lowest BCUT2D eigenvalue weighted by Crippen LogP contribution is -2.57. The number of carbonyl (C=O) groups is 1. The Bertz CT molecular complexity index is 413. The molecule has 3 nitrogen and oxygen atoms in total. The number of nitrogens with two attached hydrogens (primary N) is 1. The summed E-state index contributed by atoms with van der Waals surface area (Å²) >= 11 is 0. The molecule has 0 saturated heterocycles. The lowest BCUT2D eigenvalue weighted by atomic mass is 9.66. The van der Waals surface area contributed by atoms with Gasteiger partial charge in [-0.15, -0.1) is 0 Å². The summed E-state index contributed by atoms with van der Waals surface area (Å²) in [6.07, 6.45) is 1.03. The fourth-order valence-corrected chi connectivity index (χ4v) is 2.19. The van der Waals surface area contributed by atoms with E-state index < -0.39 is 5.54 Å². The van der Waals surface area contributed by atoms with Crippen molar-refractivity contribution in [3.8, 4) is 0 Å². The average molecular weight is 223 g/mol.